The highest BCUT2D eigenvalue weighted by Gasteiger charge is 2.35. The van der Waals surface area contributed by atoms with Crippen molar-refractivity contribution in [2.75, 3.05) is 12.0 Å². The smallest absolute Gasteiger partial charge is 0.416 e. The van der Waals surface area contributed by atoms with Gasteiger partial charge in [-0.3, -0.25) is 9.69 Å². The molecule has 1 heterocycles. The predicted octanol–water partition coefficient (Wildman–Crippen LogP) is 6.16. The third kappa shape index (κ3) is 3.22. The van der Waals surface area contributed by atoms with Crippen LogP contribution in [0.2, 0.25) is 0 Å². The molecule has 4 rings (SSSR count). The molecule has 142 valence electrons. The molecule has 0 unspecified atom stereocenters. The predicted molar refractivity (Wildman–Crippen MR) is 101 cm³/mol. The summed E-state index contributed by atoms with van der Waals surface area (Å²) in [6.45, 7) is 0. The van der Waals surface area contributed by atoms with Gasteiger partial charge in [-0.15, -0.1) is 0 Å². The summed E-state index contributed by atoms with van der Waals surface area (Å²) in [5.41, 5.74) is 0.289. The number of carbonyl (C=O) groups excluding carboxylic acids is 1. The number of rotatable bonds is 2. The average Bonchev–Trinajstić information content (AvgIpc) is 2.70. The van der Waals surface area contributed by atoms with Gasteiger partial charge < -0.3 is 4.74 Å². The fourth-order valence-corrected chi connectivity index (χ4v) is 4.07. The maximum absolute atomic E-state index is 13.3. The summed E-state index contributed by atoms with van der Waals surface area (Å²) in [5, 5.41) is 0. The quantitative estimate of drug-likeness (QED) is 0.515. The summed E-state index contributed by atoms with van der Waals surface area (Å²) in [5.74, 6) is 0.0713. The molecule has 0 aliphatic carbocycles. The molecule has 1 aliphatic rings. The first kappa shape index (κ1) is 18.4. The van der Waals surface area contributed by atoms with Gasteiger partial charge in [-0.2, -0.15) is 13.2 Å². The highest BCUT2D eigenvalue weighted by Crippen LogP contribution is 2.50. The zero-order valence-electron chi connectivity index (χ0n) is 14.7. The summed E-state index contributed by atoms with van der Waals surface area (Å²) < 4.78 is 45.0. The van der Waals surface area contributed by atoms with E-state index in [0.717, 1.165) is 17.0 Å². The molecule has 0 saturated carbocycles. The molecule has 0 aromatic heterocycles. The van der Waals surface area contributed by atoms with Gasteiger partial charge in [-0.05, 0) is 48.5 Å². The minimum Gasteiger partial charge on any atom is -0.497 e. The topological polar surface area (TPSA) is 29.5 Å². The summed E-state index contributed by atoms with van der Waals surface area (Å²) in [4.78, 5) is 16.1. The zero-order chi connectivity index (χ0) is 19.9. The van der Waals surface area contributed by atoms with E-state index in [0.29, 0.717) is 21.9 Å². The van der Waals surface area contributed by atoms with E-state index in [9.17, 15) is 18.0 Å². The van der Waals surface area contributed by atoms with Crippen molar-refractivity contribution < 1.29 is 22.7 Å². The molecule has 7 heteroatoms. The molecule has 0 radical (unpaired) electrons. The van der Waals surface area contributed by atoms with Crippen LogP contribution in [0, 0.1) is 0 Å². The number of anilines is 2. The third-order valence-electron chi connectivity index (χ3n) is 4.37. The largest absolute Gasteiger partial charge is 0.497 e. The van der Waals surface area contributed by atoms with Crippen molar-refractivity contribution in [1.82, 2.24) is 0 Å². The number of halogens is 3. The van der Waals surface area contributed by atoms with Gasteiger partial charge in [0, 0.05) is 15.4 Å². The Balaban J connectivity index is 1.89. The molecule has 1 aliphatic heterocycles. The molecule has 3 aromatic carbocycles. The maximum atomic E-state index is 13.3. The number of fused-ring (bicyclic) bond motifs is 2. The SMILES string of the molecule is COc1cccc(C(=O)N2c3ccccc3Sc3ccc(C(F)(F)F)cc32)c1. The van der Waals surface area contributed by atoms with Gasteiger partial charge in [0.15, 0.2) is 0 Å². The Morgan fingerprint density at radius 2 is 1.68 bits per heavy atom. The van der Waals surface area contributed by atoms with E-state index >= 15 is 0 Å². The third-order valence-corrected chi connectivity index (χ3v) is 5.50. The first-order valence-corrected chi connectivity index (χ1v) is 9.17. The van der Waals surface area contributed by atoms with Gasteiger partial charge in [0.25, 0.3) is 5.91 Å². The number of ether oxygens (including phenoxy) is 1. The number of hydrogen-bond acceptors (Lipinski definition) is 3. The number of amides is 1. The van der Waals surface area contributed by atoms with Gasteiger partial charge in [0.2, 0.25) is 0 Å². The lowest BCUT2D eigenvalue weighted by Gasteiger charge is -2.31. The lowest BCUT2D eigenvalue weighted by atomic mass is 10.1. The molecular weight excluding hydrogens is 387 g/mol. The van der Waals surface area contributed by atoms with Crippen LogP contribution in [0.15, 0.2) is 76.5 Å². The van der Waals surface area contributed by atoms with E-state index in [4.69, 9.17) is 4.74 Å². The second-order valence-corrected chi connectivity index (χ2v) is 7.21. The van der Waals surface area contributed by atoms with Crippen molar-refractivity contribution in [2.24, 2.45) is 0 Å². The van der Waals surface area contributed by atoms with E-state index < -0.39 is 17.6 Å². The number of para-hydroxylation sites is 1. The van der Waals surface area contributed by atoms with Crippen LogP contribution in [0.5, 0.6) is 5.75 Å². The molecule has 0 atom stereocenters. The molecule has 28 heavy (non-hydrogen) atoms. The molecule has 0 saturated heterocycles. The lowest BCUT2D eigenvalue weighted by molar-refractivity contribution is -0.137. The van der Waals surface area contributed by atoms with Crippen molar-refractivity contribution in [3.8, 4) is 5.75 Å². The van der Waals surface area contributed by atoms with Gasteiger partial charge in [0.1, 0.15) is 5.75 Å². The Bertz CT molecular complexity index is 1070. The minimum atomic E-state index is -4.50. The van der Waals surface area contributed by atoms with Crippen LogP contribution in [0.1, 0.15) is 15.9 Å². The second kappa shape index (κ2) is 6.91. The lowest BCUT2D eigenvalue weighted by Crippen LogP contribution is -2.29. The van der Waals surface area contributed by atoms with E-state index in [1.165, 1.54) is 29.8 Å². The van der Waals surface area contributed by atoms with Crippen molar-refractivity contribution in [3.63, 3.8) is 0 Å². The second-order valence-electron chi connectivity index (χ2n) is 6.12. The van der Waals surface area contributed by atoms with Crippen molar-refractivity contribution in [2.45, 2.75) is 16.0 Å². The molecular formula is C21H14F3NO2S. The van der Waals surface area contributed by atoms with Crippen LogP contribution < -0.4 is 9.64 Å². The van der Waals surface area contributed by atoms with Gasteiger partial charge in [-0.1, -0.05) is 30.0 Å². The standard InChI is InChI=1S/C21H14F3NO2S/c1-27-15-6-4-5-13(11-15)20(26)25-16-7-2-3-8-18(16)28-19-10-9-14(12-17(19)25)21(22,23)24/h2-12H,1H3. The first-order valence-electron chi connectivity index (χ1n) is 8.35. The van der Waals surface area contributed by atoms with Crippen LogP contribution in [0.4, 0.5) is 24.5 Å². The molecule has 0 bridgehead atoms. The van der Waals surface area contributed by atoms with Crippen LogP contribution in [-0.4, -0.2) is 13.0 Å². The van der Waals surface area contributed by atoms with Crippen molar-refractivity contribution in [1.29, 1.82) is 0 Å². The number of benzene rings is 3. The van der Waals surface area contributed by atoms with Crippen LogP contribution >= 0.6 is 11.8 Å². The zero-order valence-corrected chi connectivity index (χ0v) is 15.5. The van der Waals surface area contributed by atoms with Crippen molar-refractivity contribution in [3.05, 3.63) is 77.9 Å². The van der Waals surface area contributed by atoms with Crippen LogP contribution in [0.25, 0.3) is 0 Å². The van der Waals surface area contributed by atoms with Gasteiger partial charge >= 0.3 is 6.18 Å². The Kier molecular flexibility index (Phi) is 4.55. The Morgan fingerprint density at radius 3 is 2.43 bits per heavy atom. The molecule has 0 N–H and O–H groups in total. The molecule has 0 fully saturated rings. The summed E-state index contributed by atoms with van der Waals surface area (Å²) in [6.07, 6.45) is -4.50. The summed E-state index contributed by atoms with van der Waals surface area (Å²) >= 11 is 1.34. The molecule has 1 amide bonds. The summed E-state index contributed by atoms with van der Waals surface area (Å²) in [7, 11) is 1.49. The highest BCUT2D eigenvalue weighted by molar-refractivity contribution is 7.99. The maximum Gasteiger partial charge on any atom is 0.416 e. The molecule has 3 nitrogen and oxygen atoms in total. The fourth-order valence-electron chi connectivity index (χ4n) is 3.04. The van der Waals surface area contributed by atoms with E-state index in [2.05, 4.69) is 0 Å². The van der Waals surface area contributed by atoms with E-state index in [1.807, 2.05) is 12.1 Å². The molecule has 3 aromatic rings. The van der Waals surface area contributed by atoms with Crippen LogP contribution in [0.3, 0.4) is 0 Å². The Morgan fingerprint density at radius 1 is 0.929 bits per heavy atom. The monoisotopic (exact) mass is 401 g/mol. The minimum absolute atomic E-state index is 0.214. The van der Waals surface area contributed by atoms with Crippen LogP contribution in [-0.2, 0) is 6.18 Å². The number of methoxy groups -OCH3 is 1. The highest BCUT2D eigenvalue weighted by atomic mass is 32.2. The van der Waals surface area contributed by atoms with Gasteiger partial charge in [0.05, 0.1) is 24.0 Å². The number of nitrogens with zero attached hydrogens (tertiary/aromatic N) is 1. The Labute approximate surface area is 163 Å². The fraction of sp³-hybridized carbons (Fsp3) is 0.0952. The Hall–Kier alpha value is -2.93. The normalized spacial score (nSPS) is 12.9. The van der Waals surface area contributed by atoms with E-state index in [1.54, 1.807) is 36.4 Å². The molecule has 0 spiro atoms. The first-order chi connectivity index (χ1) is 13.4. The number of alkyl halides is 3. The number of hydrogen-bond donors (Lipinski definition) is 0. The van der Waals surface area contributed by atoms with E-state index in [-0.39, 0.29) is 5.69 Å². The summed E-state index contributed by atoms with van der Waals surface area (Å²) in [6, 6.07) is 17.2. The van der Waals surface area contributed by atoms with Gasteiger partial charge in [-0.25, -0.2) is 0 Å². The number of carbonyl (C=O) groups is 1. The van der Waals surface area contributed by atoms with Crippen molar-refractivity contribution >= 4 is 29.0 Å². The average molecular weight is 401 g/mol.